The monoisotopic (exact) mass is 380 g/mol. The number of ether oxygens (including phenoxy) is 3. The Morgan fingerprint density at radius 3 is 2.57 bits per heavy atom. The lowest BCUT2D eigenvalue weighted by Crippen LogP contribution is -3.06. The number of nitrogens with one attached hydrogen (secondary N) is 1. The summed E-state index contributed by atoms with van der Waals surface area (Å²) in [5.41, 5.74) is 1.94. The van der Waals surface area contributed by atoms with Crippen LogP contribution in [0.1, 0.15) is 11.1 Å². The SMILES string of the molecule is COc1ccc(Br)cc1C[NH+](C)Cc1cc2c(cc1O)OCO2. The minimum atomic E-state index is 0.205. The van der Waals surface area contributed by atoms with Gasteiger partial charge in [0, 0.05) is 16.1 Å². The quantitative estimate of drug-likeness (QED) is 0.833. The van der Waals surface area contributed by atoms with Crippen LogP contribution in [0.15, 0.2) is 34.8 Å². The maximum absolute atomic E-state index is 10.2. The first kappa shape index (κ1) is 16.0. The molecule has 122 valence electrons. The van der Waals surface area contributed by atoms with Crippen LogP contribution in [0, 0.1) is 0 Å². The molecule has 0 aromatic heterocycles. The summed E-state index contributed by atoms with van der Waals surface area (Å²) in [6.45, 7) is 1.64. The van der Waals surface area contributed by atoms with Gasteiger partial charge < -0.3 is 24.2 Å². The molecule has 1 aliphatic rings. The first-order chi connectivity index (χ1) is 11.1. The fourth-order valence-corrected chi connectivity index (χ4v) is 3.12. The van der Waals surface area contributed by atoms with Gasteiger partial charge in [-0.1, -0.05) is 15.9 Å². The molecule has 0 spiro atoms. The van der Waals surface area contributed by atoms with E-state index in [1.165, 1.54) is 4.90 Å². The molecule has 6 heteroatoms. The van der Waals surface area contributed by atoms with E-state index in [1.54, 1.807) is 13.2 Å². The normalized spacial score (nSPS) is 13.9. The first-order valence-corrected chi connectivity index (χ1v) is 8.11. The third-order valence-corrected chi connectivity index (χ3v) is 4.29. The van der Waals surface area contributed by atoms with Crippen molar-refractivity contribution in [3.63, 3.8) is 0 Å². The van der Waals surface area contributed by atoms with Crippen molar-refractivity contribution in [1.29, 1.82) is 0 Å². The van der Waals surface area contributed by atoms with E-state index in [4.69, 9.17) is 14.2 Å². The maximum atomic E-state index is 10.2. The summed E-state index contributed by atoms with van der Waals surface area (Å²) in [5, 5.41) is 10.2. The Morgan fingerprint density at radius 1 is 1.13 bits per heavy atom. The number of halogens is 1. The largest absolute Gasteiger partial charge is 0.507 e. The Bertz CT molecular complexity index is 720. The van der Waals surface area contributed by atoms with Crippen LogP contribution in [-0.2, 0) is 13.1 Å². The summed E-state index contributed by atoms with van der Waals surface area (Å²) in [5.74, 6) is 2.38. The number of rotatable bonds is 5. The summed E-state index contributed by atoms with van der Waals surface area (Å²) in [4.78, 5) is 1.22. The molecule has 0 aliphatic carbocycles. The second-order valence-corrected chi connectivity index (χ2v) is 6.52. The van der Waals surface area contributed by atoms with Crippen LogP contribution >= 0.6 is 15.9 Å². The van der Waals surface area contributed by atoms with Crippen LogP contribution in [-0.4, -0.2) is 26.1 Å². The van der Waals surface area contributed by atoms with E-state index in [9.17, 15) is 5.11 Å². The van der Waals surface area contributed by atoms with E-state index in [-0.39, 0.29) is 12.5 Å². The number of aromatic hydroxyl groups is 1. The molecule has 1 unspecified atom stereocenters. The van der Waals surface area contributed by atoms with Crippen molar-refractivity contribution < 1.29 is 24.2 Å². The Kier molecular flexibility index (Phi) is 4.63. The van der Waals surface area contributed by atoms with E-state index >= 15 is 0 Å². The molecule has 2 N–H and O–H groups in total. The summed E-state index contributed by atoms with van der Waals surface area (Å²) in [7, 11) is 3.75. The summed E-state index contributed by atoms with van der Waals surface area (Å²) >= 11 is 3.49. The van der Waals surface area contributed by atoms with E-state index in [0.29, 0.717) is 18.0 Å². The van der Waals surface area contributed by atoms with Gasteiger partial charge in [0.25, 0.3) is 0 Å². The molecule has 0 radical (unpaired) electrons. The Balaban J connectivity index is 1.75. The maximum Gasteiger partial charge on any atom is 0.231 e. The zero-order chi connectivity index (χ0) is 16.4. The van der Waals surface area contributed by atoms with Gasteiger partial charge in [0.15, 0.2) is 11.5 Å². The molecule has 2 aromatic carbocycles. The molecule has 0 bridgehead atoms. The van der Waals surface area contributed by atoms with Crippen LogP contribution in [0.4, 0.5) is 0 Å². The van der Waals surface area contributed by atoms with Crippen molar-refractivity contribution in [3.05, 3.63) is 45.9 Å². The highest BCUT2D eigenvalue weighted by molar-refractivity contribution is 9.10. The number of hydrogen-bond donors (Lipinski definition) is 2. The highest BCUT2D eigenvalue weighted by atomic mass is 79.9. The molecular weight excluding hydrogens is 362 g/mol. The average molecular weight is 381 g/mol. The second kappa shape index (κ2) is 6.68. The van der Waals surface area contributed by atoms with Crippen LogP contribution in [0.25, 0.3) is 0 Å². The summed E-state index contributed by atoms with van der Waals surface area (Å²) in [6, 6.07) is 9.43. The topological polar surface area (TPSA) is 52.4 Å². The minimum Gasteiger partial charge on any atom is -0.507 e. The van der Waals surface area contributed by atoms with Crippen LogP contribution < -0.4 is 19.1 Å². The molecule has 3 rings (SSSR count). The number of phenolic OH excluding ortho intramolecular Hbond substituents is 1. The van der Waals surface area contributed by atoms with Gasteiger partial charge >= 0.3 is 0 Å². The van der Waals surface area contributed by atoms with Gasteiger partial charge in [-0.05, 0) is 24.3 Å². The van der Waals surface area contributed by atoms with Gasteiger partial charge in [-0.15, -0.1) is 0 Å². The van der Waals surface area contributed by atoms with Gasteiger partial charge in [-0.2, -0.15) is 0 Å². The number of quaternary nitrogens is 1. The molecule has 0 amide bonds. The van der Waals surface area contributed by atoms with Crippen molar-refractivity contribution in [3.8, 4) is 23.0 Å². The fourth-order valence-electron chi connectivity index (χ4n) is 2.71. The summed E-state index contributed by atoms with van der Waals surface area (Å²) < 4.78 is 17.1. The highest BCUT2D eigenvalue weighted by Crippen LogP contribution is 2.37. The standard InChI is InChI=1S/C17H18BrNO4/c1-19(9-12-5-13(18)3-4-15(12)21-2)8-11-6-16-17(7-14(11)20)23-10-22-16/h3-7,20H,8-10H2,1-2H3/p+1. The van der Waals surface area contributed by atoms with E-state index in [0.717, 1.165) is 27.9 Å². The summed E-state index contributed by atoms with van der Waals surface area (Å²) in [6.07, 6.45) is 0. The van der Waals surface area contributed by atoms with Crippen LogP contribution in [0.3, 0.4) is 0 Å². The molecule has 23 heavy (non-hydrogen) atoms. The predicted molar refractivity (Wildman–Crippen MR) is 89.2 cm³/mol. The molecule has 1 heterocycles. The van der Waals surface area contributed by atoms with E-state index in [1.807, 2.05) is 18.2 Å². The van der Waals surface area contributed by atoms with Gasteiger partial charge in [0.1, 0.15) is 24.6 Å². The number of fused-ring (bicyclic) bond motifs is 1. The smallest absolute Gasteiger partial charge is 0.231 e. The highest BCUT2D eigenvalue weighted by Gasteiger charge is 2.19. The lowest BCUT2D eigenvalue weighted by molar-refractivity contribution is -0.907. The molecular formula is C17H19BrNO4+. The Hall–Kier alpha value is -1.92. The molecule has 0 saturated carbocycles. The molecule has 0 fully saturated rings. The second-order valence-electron chi connectivity index (χ2n) is 5.60. The lowest BCUT2D eigenvalue weighted by atomic mass is 10.1. The molecule has 5 nitrogen and oxygen atoms in total. The number of methoxy groups -OCH3 is 1. The molecule has 1 aliphatic heterocycles. The van der Waals surface area contributed by atoms with Gasteiger partial charge in [-0.25, -0.2) is 0 Å². The molecule has 2 aromatic rings. The zero-order valence-corrected chi connectivity index (χ0v) is 14.6. The Morgan fingerprint density at radius 2 is 1.83 bits per heavy atom. The van der Waals surface area contributed by atoms with Gasteiger partial charge in [0.2, 0.25) is 6.79 Å². The third-order valence-electron chi connectivity index (χ3n) is 3.80. The first-order valence-electron chi connectivity index (χ1n) is 7.32. The zero-order valence-electron chi connectivity index (χ0n) is 13.1. The molecule has 0 saturated heterocycles. The minimum absolute atomic E-state index is 0.205. The van der Waals surface area contributed by atoms with Crippen molar-refractivity contribution >= 4 is 15.9 Å². The van der Waals surface area contributed by atoms with Crippen molar-refractivity contribution in [2.45, 2.75) is 13.1 Å². The average Bonchev–Trinajstić information content (AvgIpc) is 2.95. The van der Waals surface area contributed by atoms with Crippen molar-refractivity contribution in [1.82, 2.24) is 0 Å². The number of benzene rings is 2. The lowest BCUT2D eigenvalue weighted by Gasteiger charge is -2.17. The fraction of sp³-hybridized carbons (Fsp3) is 0.294. The van der Waals surface area contributed by atoms with Crippen molar-refractivity contribution in [2.75, 3.05) is 21.0 Å². The van der Waals surface area contributed by atoms with E-state index in [2.05, 4.69) is 29.0 Å². The molecule has 1 atom stereocenters. The van der Waals surface area contributed by atoms with Crippen LogP contribution in [0.2, 0.25) is 0 Å². The number of hydrogen-bond acceptors (Lipinski definition) is 4. The van der Waals surface area contributed by atoms with Gasteiger partial charge in [-0.3, -0.25) is 0 Å². The van der Waals surface area contributed by atoms with E-state index < -0.39 is 0 Å². The number of phenols is 1. The third kappa shape index (κ3) is 3.54. The Labute approximate surface area is 143 Å². The van der Waals surface area contributed by atoms with Gasteiger partial charge in [0.05, 0.1) is 19.7 Å². The van der Waals surface area contributed by atoms with Crippen LogP contribution in [0.5, 0.6) is 23.0 Å². The predicted octanol–water partition coefficient (Wildman–Crippen LogP) is 2.11. The van der Waals surface area contributed by atoms with Crippen molar-refractivity contribution in [2.24, 2.45) is 0 Å².